The van der Waals surface area contributed by atoms with Crippen molar-refractivity contribution in [3.05, 3.63) is 71.1 Å². The molecule has 0 bridgehead atoms. The first kappa shape index (κ1) is 21.1. The van der Waals surface area contributed by atoms with E-state index in [1.54, 1.807) is 44.1 Å². The molecule has 0 unspecified atom stereocenters. The van der Waals surface area contributed by atoms with E-state index < -0.39 is 15.8 Å². The van der Waals surface area contributed by atoms with Gasteiger partial charge >= 0.3 is 0 Å². The van der Waals surface area contributed by atoms with Crippen molar-refractivity contribution in [2.45, 2.75) is 18.7 Å². The van der Waals surface area contributed by atoms with E-state index in [4.69, 9.17) is 5.73 Å². The maximum Gasteiger partial charge on any atom is 0.268 e. The Labute approximate surface area is 175 Å². The van der Waals surface area contributed by atoms with Gasteiger partial charge in [0, 0.05) is 31.4 Å². The van der Waals surface area contributed by atoms with Gasteiger partial charge in [-0.25, -0.2) is 12.4 Å². The van der Waals surface area contributed by atoms with Crippen molar-refractivity contribution in [1.82, 2.24) is 8.87 Å². The van der Waals surface area contributed by atoms with Crippen molar-refractivity contribution in [2.75, 3.05) is 19.8 Å². The number of carbonyl (C=O) groups excluding carboxylic acids is 1. The number of hydrogen-bond acceptors (Lipinski definition) is 6. The van der Waals surface area contributed by atoms with Gasteiger partial charge in [0.2, 0.25) is 5.78 Å². The van der Waals surface area contributed by atoms with Gasteiger partial charge in [-0.2, -0.15) is 5.26 Å². The largest absolute Gasteiger partial charge is 0.398 e. The SMILES string of the molecule is Cc1ccc(S(=O)(=O)n2c(C(=O)/C(C#N)=C/N(C)C)cc3cc(C)c(N)cc32)cc1. The fraction of sp³-hybridized carbons (Fsp3) is 0.182. The number of rotatable bonds is 5. The molecule has 0 aliphatic rings. The van der Waals surface area contributed by atoms with Crippen molar-refractivity contribution in [3.8, 4) is 6.07 Å². The van der Waals surface area contributed by atoms with Gasteiger partial charge in [0.15, 0.2) is 0 Å². The monoisotopic (exact) mass is 422 g/mol. The molecule has 0 amide bonds. The molecule has 0 aliphatic carbocycles. The quantitative estimate of drug-likeness (QED) is 0.293. The lowest BCUT2D eigenvalue weighted by atomic mass is 10.1. The zero-order valence-electron chi connectivity index (χ0n) is 17.2. The van der Waals surface area contributed by atoms with E-state index in [0.29, 0.717) is 11.1 Å². The molecule has 0 saturated carbocycles. The lowest BCUT2D eigenvalue weighted by molar-refractivity contribution is 0.103. The lowest BCUT2D eigenvalue weighted by Crippen LogP contribution is -2.20. The van der Waals surface area contributed by atoms with Crippen LogP contribution < -0.4 is 5.73 Å². The molecule has 0 saturated heterocycles. The van der Waals surface area contributed by atoms with Crippen LogP contribution in [-0.4, -0.2) is 37.2 Å². The number of hydrogen-bond donors (Lipinski definition) is 1. The predicted octanol–water partition coefficient (Wildman–Crippen LogP) is 3.23. The highest BCUT2D eigenvalue weighted by atomic mass is 32.2. The molecule has 30 heavy (non-hydrogen) atoms. The van der Waals surface area contributed by atoms with Crippen molar-refractivity contribution in [2.24, 2.45) is 0 Å². The number of ketones is 1. The van der Waals surface area contributed by atoms with Crippen LogP contribution in [0.4, 0.5) is 5.69 Å². The minimum atomic E-state index is -4.12. The van der Waals surface area contributed by atoms with E-state index in [-0.39, 0.29) is 21.7 Å². The van der Waals surface area contributed by atoms with Gasteiger partial charge in [0.25, 0.3) is 10.0 Å². The summed E-state index contributed by atoms with van der Waals surface area (Å²) in [6.45, 7) is 3.65. The first-order chi connectivity index (χ1) is 14.1. The number of nitriles is 1. The van der Waals surface area contributed by atoms with Gasteiger partial charge in [-0.05, 0) is 49.7 Å². The van der Waals surface area contributed by atoms with Crippen LogP contribution >= 0.6 is 0 Å². The molecule has 0 spiro atoms. The summed E-state index contributed by atoms with van der Waals surface area (Å²) in [5.41, 5.74) is 8.09. The Hall–Kier alpha value is -3.57. The number of aryl methyl sites for hydroxylation is 2. The number of nitrogen functional groups attached to an aromatic ring is 1. The molecular formula is C22H22N4O3S. The number of anilines is 1. The van der Waals surface area contributed by atoms with E-state index in [1.807, 2.05) is 13.0 Å². The molecule has 3 rings (SSSR count). The summed E-state index contributed by atoms with van der Waals surface area (Å²) in [4.78, 5) is 14.8. The van der Waals surface area contributed by atoms with Crippen LogP contribution in [0.25, 0.3) is 10.9 Å². The average Bonchev–Trinajstić information content (AvgIpc) is 3.05. The second-order valence-corrected chi connectivity index (χ2v) is 9.11. The normalized spacial score (nSPS) is 12.0. The topological polar surface area (TPSA) is 109 Å². The molecule has 0 atom stereocenters. The molecule has 0 fully saturated rings. The van der Waals surface area contributed by atoms with Crippen LogP contribution in [0.15, 0.2) is 59.1 Å². The number of fused-ring (bicyclic) bond motifs is 1. The smallest absolute Gasteiger partial charge is 0.268 e. The van der Waals surface area contributed by atoms with Crippen molar-refractivity contribution in [1.29, 1.82) is 5.26 Å². The molecule has 1 heterocycles. The van der Waals surface area contributed by atoms with Crippen molar-refractivity contribution >= 4 is 32.4 Å². The summed E-state index contributed by atoms with van der Waals surface area (Å²) in [5.74, 6) is -0.686. The zero-order chi connectivity index (χ0) is 22.2. The van der Waals surface area contributed by atoms with Crippen LogP contribution in [0.3, 0.4) is 0 Å². The van der Waals surface area contributed by atoms with Crippen LogP contribution in [0.2, 0.25) is 0 Å². The number of aromatic nitrogens is 1. The molecule has 7 nitrogen and oxygen atoms in total. The summed E-state index contributed by atoms with van der Waals surface area (Å²) >= 11 is 0. The van der Waals surface area contributed by atoms with E-state index in [1.165, 1.54) is 30.5 Å². The van der Waals surface area contributed by atoms with Crippen LogP contribution in [-0.2, 0) is 10.0 Å². The standard InChI is InChI=1S/C22H22N4O3S/c1-14-5-7-18(8-6-14)30(28,29)26-20-11-19(24)15(2)9-16(20)10-21(26)22(27)17(12-23)13-25(3)4/h5-11,13H,24H2,1-4H3/b17-13+. The molecule has 8 heteroatoms. The second kappa shape index (κ2) is 7.69. The molecule has 0 aliphatic heterocycles. The number of benzene rings is 2. The minimum Gasteiger partial charge on any atom is -0.398 e. The highest BCUT2D eigenvalue weighted by Gasteiger charge is 2.28. The molecule has 3 aromatic rings. The highest BCUT2D eigenvalue weighted by molar-refractivity contribution is 7.90. The highest BCUT2D eigenvalue weighted by Crippen LogP contribution is 2.30. The Morgan fingerprint density at radius 3 is 2.33 bits per heavy atom. The van der Waals surface area contributed by atoms with Gasteiger partial charge in [-0.3, -0.25) is 4.79 Å². The Morgan fingerprint density at radius 1 is 1.13 bits per heavy atom. The van der Waals surface area contributed by atoms with Crippen molar-refractivity contribution in [3.63, 3.8) is 0 Å². The first-order valence-corrected chi connectivity index (χ1v) is 10.6. The number of Topliss-reactive ketones (excluding diaryl/α,β-unsaturated/α-hetero) is 1. The third kappa shape index (κ3) is 3.67. The molecule has 2 aromatic carbocycles. The molecule has 0 radical (unpaired) electrons. The summed E-state index contributed by atoms with van der Waals surface area (Å²) in [7, 11) is -0.777. The van der Waals surface area contributed by atoms with E-state index in [0.717, 1.165) is 15.1 Å². The summed E-state index contributed by atoms with van der Waals surface area (Å²) < 4.78 is 28.0. The Bertz CT molecular complexity index is 1330. The Morgan fingerprint density at radius 2 is 1.77 bits per heavy atom. The third-order valence-electron chi connectivity index (χ3n) is 4.69. The Balaban J connectivity index is 2.38. The number of nitrogens with zero attached hydrogens (tertiary/aromatic N) is 3. The number of carbonyl (C=O) groups is 1. The van der Waals surface area contributed by atoms with Gasteiger partial charge in [0.1, 0.15) is 17.3 Å². The number of nitrogens with two attached hydrogens (primary N) is 1. The van der Waals surface area contributed by atoms with Gasteiger partial charge in [0.05, 0.1) is 10.4 Å². The van der Waals surface area contributed by atoms with E-state index in [9.17, 15) is 18.5 Å². The van der Waals surface area contributed by atoms with E-state index >= 15 is 0 Å². The minimum absolute atomic E-state index is 0.0360. The summed E-state index contributed by atoms with van der Waals surface area (Å²) in [6.07, 6.45) is 1.36. The third-order valence-corrected chi connectivity index (χ3v) is 6.43. The van der Waals surface area contributed by atoms with E-state index in [2.05, 4.69) is 0 Å². The van der Waals surface area contributed by atoms with Gasteiger partial charge < -0.3 is 10.6 Å². The fourth-order valence-electron chi connectivity index (χ4n) is 3.13. The summed E-state index contributed by atoms with van der Waals surface area (Å²) in [6, 6.07) is 13.0. The average molecular weight is 423 g/mol. The molecular weight excluding hydrogens is 400 g/mol. The lowest BCUT2D eigenvalue weighted by Gasteiger charge is -2.13. The molecule has 2 N–H and O–H groups in total. The second-order valence-electron chi connectivity index (χ2n) is 7.33. The maximum absolute atomic E-state index is 13.5. The summed E-state index contributed by atoms with van der Waals surface area (Å²) in [5, 5.41) is 10.0. The molecule has 1 aromatic heterocycles. The fourth-order valence-corrected chi connectivity index (χ4v) is 4.63. The predicted molar refractivity (Wildman–Crippen MR) is 117 cm³/mol. The molecule has 154 valence electrons. The van der Waals surface area contributed by atoms with Crippen molar-refractivity contribution < 1.29 is 13.2 Å². The van der Waals surface area contributed by atoms with Gasteiger partial charge in [-0.15, -0.1) is 0 Å². The van der Waals surface area contributed by atoms with Gasteiger partial charge in [-0.1, -0.05) is 17.7 Å². The number of allylic oxidation sites excluding steroid dienone is 1. The van der Waals surface area contributed by atoms with Crippen LogP contribution in [0.5, 0.6) is 0 Å². The maximum atomic E-state index is 13.5. The Kier molecular flexibility index (Phi) is 5.42. The van der Waals surface area contributed by atoms with Crippen LogP contribution in [0.1, 0.15) is 21.6 Å². The zero-order valence-corrected chi connectivity index (χ0v) is 18.0. The van der Waals surface area contributed by atoms with Crippen LogP contribution in [0, 0.1) is 25.2 Å². The first-order valence-electron chi connectivity index (χ1n) is 9.13.